The number of aromatic amines is 1. The molecule has 5 nitrogen and oxygen atoms in total. The summed E-state index contributed by atoms with van der Waals surface area (Å²) in [5.41, 5.74) is 0.868. The predicted octanol–water partition coefficient (Wildman–Crippen LogP) is 1.23. The van der Waals surface area contributed by atoms with E-state index in [4.69, 9.17) is 4.74 Å². The lowest BCUT2D eigenvalue weighted by Crippen LogP contribution is -2.33. The second-order valence-corrected chi connectivity index (χ2v) is 5.32. The number of nitrogens with one attached hydrogen (secondary N) is 2. The summed E-state index contributed by atoms with van der Waals surface area (Å²) in [4.78, 5) is 26.5. The summed E-state index contributed by atoms with van der Waals surface area (Å²) in [5.74, 6) is -0.301. The van der Waals surface area contributed by atoms with Gasteiger partial charge in [0.1, 0.15) is 5.56 Å². The van der Waals surface area contributed by atoms with E-state index in [2.05, 4.69) is 10.3 Å². The molecule has 1 fully saturated rings. The zero-order valence-electron chi connectivity index (χ0n) is 11.4. The molecule has 1 aliphatic rings. The van der Waals surface area contributed by atoms with Crippen molar-refractivity contribution in [2.24, 2.45) is 5.41 Å². The zero-order chi connectivity index (χ0) is 13.9. The number of aryl methyl sites for hydroxylation is 1. The Kier molecular flexibility index (Phi) is 4.04. The van der Waals surface area contributed by atoms with Crippen LogP contribution in [0.4, 0.5) is 0 Å². The molecule has 1 aromatic heterocycles. The highest BCUT2D eigenvalue weighted by Gasteiger charge is 2.42. The number of ether oxygens (including phenoxy) is 1. The van der Waals surface area contributed by atoms with Gasteiger partial charge in [0.15, 0.2) is 5.43 Å². The predicted molar refractivity (Wildman–Crippen MR) is 72.3 cm³/mol. The summed E-state index contributed by atoms with van der Waals surface area (Å²) in [5, 5.41) is 2.86. The number of carbonyl (C=O) groups is 1. The molecule has 0 spiro atoms. The Hall–Kier alpha value is -1.62. The van der Waals surface area contributed by atoms with E-state index < -0.39 is 0 Å². The molecule has 1 amide bonds. The van der Waals surface area contributed by atoms with E-state index in [-0.39, 0.29) is 22.3 Å². The zero-order valence-corrected chi connectivity index (χ0v) is 11.4. The highest BCUT2D eigenvalue weighted by Crippen LogP contribution is 2.48. The Morgan fingerprint density at radius 3 is 2.84 bits per heavy atom. The first-order valence-electron chi connectivity index (χ1n) is 6.53. The van der Waals surface area contributed by atoms with Gasteiger partial charge in [0.25, 0.3) is 5.91 Å². The van der Waals surface area contributed by atoms with E-state index in [0.29, 0.717) is 13.2 Å². The standard InChI is InChI=1S/C14H20N2O3/c1-10-7-12(17)11(8-15-10)13(18)16-9-14(3-4-14)5-6-19-2/h7-8H,3-6,9H2,1-2H3,(H,15,17)(H,16,18). The molecule has 0 unspecified atom stereocenters. The number of amides is 1. The third kappa shape index (κ3) is 3.44. The summed E-state index contributed by atoms with van der Waals surface area (Å²) in [6.07, 6.45) is 4.65. The molecule has 5 heteroatoms. The fourth-order valence-electron chi connectivity index (χ4n) is 2.12. The van der Waals surface area contributed by atoms with E-state index in [1.807, 2.05) is 0 Å². The van der Waals surface area contributed by atoms with Gasteiger partial charge in [0, 0.05) is 38.2 Å². The molecule has 0 saturated heterocycles. The third-order valence-electron chi connectivity index (χ3n) is 3.72. The Labute approximate surface area is 112 Å². The minimum Gasteiger partial charge on any atom is -0.385 e. The van der Waals surface area contributed by atoms with Crippen LogP contribution in [0.3, 0.4) is 0 Å². The van der Waals surface area contributed by atoms with Crippen molar-refractivity contribution in [2.75, 3.05) is 20.3 Å². The monoisotopic (exact) mass is 264 g/mol. The summed E-state index contributed by atoms with van der Waals surface area (Å²) < 4.78 is 5.07. The highest BCUT2D eigenvalue weighted by atomic mass is 16.5. The lowest BCUT2D eigenvalue weighted by molar-refractivity contribution is 0.0936. The van der Waals surface area contributed by atoms with Crippen molar-refractivity contribution in [1.82, 2.24) is 10.3 Å². The van der Waals surface area contributed by atoms with Crippen molar-refractivity contribution < 1.29 is 9.53 Å². The molecule has 1 heterocycles. The Bertz CT molecular complexity index is 518. The third-order valence-corrected chi connectivity index (χ3v) is 3.72. The maximum absolute atomic E-state index is 12.0. The topological polar surface area (TPSA) is 71.2 Å². The van der Waals surface area contributed by atoms with Crippen LogP contribution in [-0.4, -0.2) is 31.2 Å². The largest absolute Gasteiger partial charge is 0.385 e. The molecular formula is C14H20N2O3. The number of hydrogen-bond acceptors (Lipinski definition) is 3. The Balaban J connectivity index is 1.93. The van der Waals surface area contributed by atoms with Crippen LogP contribution in [0.15, 0.2) is 17.1 Å². The van der Waals surface area contributed by atoms with Crippen molar-refractivity contribution in [3.05, 3.63) is 33.7 Å². The van der Waals surface area contributed by atoms with E-state index in [1.165, 1.54) is 12.3 Å². The number of hydrogen-bond donors (Lipinski definition) is 2. The second kappa shape index (κ2) is 5.57. The SMILES string of the molecule is COCCC1(CNC(=O)c2c[nH]c(C)cc2=O)CC1. The first-order chi connectivity index (χ1) is 9.06. The Morgan fingerprint density at radius 1 is 1.53 bits per heavy atom. The molecule has 0 radical (unpaired) electrons. The number of carbonyl (C=O) groups excluding carboxylic acids is 1. The van der Waals surface area contributed by atoms with Crippen LogP contribution in [0, 0.1) is 12.3 Å². The van der Waals surface area contributed by atoms with Crippen molar-refractivity contribution >= 4 is 5.91 Å². The van der Waals surface area contributed by atoms with Gasteiger partial charge in [-0.25, -0.2) is 0 Å². The van der Waals surface area contributed by atoms with Crippen LogP contribution < -0.4 is 10.7 Å². The van der Waals surface area contributed by atoms with Gasteiger partial charge in [0.2, 0.25) is 0 Å². The molecular weight excluding hydrogens is 244 g/mol. The average molecular weight is 264 g/mol. The molecule has 1 aromatic rings. The summed E-state index contributed by atoms with van der Waals surface area (Å²) in [6.45, 7) is 3.11. The van der Waals surface area contributed by atoms with Gasteiger partial charge in [-0.15, -0.1) is 0 Å². The molecule has 2 N–H and O–H groups in total. The van der Waals surface area contributed by atoms with Gasteiger partial charge in [-0.1, -0.05) is 0 Å². The lowest BCUT2D eigenvalue weighted by atomic mass is 10.0. The second-order valence-electron chi connectivity index (χ2n) is 5.32. The van der Waals surface area contributed by atoms with Crippen molar-refractivity contribution in [3.63, 3.8) is 0 Å². The minimum atomic E-state index is -0.301. The van der Waals surface area contributed by atoms with E-state index in [9.17, 15) is 9.59 Å². The fraction of sp³-hybridized carbons (Fsp3) is 0.571. The van der Waals surface area contributed by atoms with E-state index >= 15 is 0 Å². The molecule has 0 atom stereocenters. The number of methoxy groups -OCH3 is 1. The number of rotatable bonds is 6. The number of pyridine rings is 1. The maximum atomic E-state index is 12.0. The van der Waals surface area contributed by atoms with Crippen molar-refractivity contribution in [2.45, 2.75) is 26.2 Å². The van der Waals surface area contributed by atoms with Gasteiger partial charge in [0.05, 0.1) is 0 Å². The first kappa shape index (κ1) is 13.8. The molecule has 1 saturated carbocycles. The summed E-state index contributed by atoms with van der Waals surface area (Å²) >= 11 is 0. The fourth-order valence-corrected chi connectivity index (χ4v) is 2.12. The maximum Gasteiger partial charge on any atom is 0.256 e. The summed E-state index contributed by atoms with van der Waals surface area (Å²) in [7, 11) is 1.68. The average Bonchev–Trinajstić information content (AvgIpc) is 3.14. The normalized spacial score (nSPS) is 16.1. The van der Waals surface area contributed by atoms with Gasteiger partial charge < -0.3 is 15.0 Å². The van der Waals surface area contributed by atoms with Gasteiger partial charge in [-0.05, 0) is 31.6 Å². The molecule has 0 bridgehead atoms. The molecule has 0 aliphatic heterocycles. The van der Waals surface area contributed by atoms with E-state index in [1.54, 1.807) is 14.0 Å². The van der Waals surface area contributed by atoms with Crippen LogP contribution >= 0.6 is 0 Å². The molecule has 19 heavy (non-hydrogen) atoms. The van der Waals surface area contributed by atoms with Crippen molar-refractivity contribution in [1.29, 1.82) is 0 Å². The van der Waals surface area contributed by atoms with Crippen molar-refractivity contribution in [3.8, 4) is 0 Å². The van der Waals surface area contributed by atoms with Crippen LogP contribution in [0.5, 0.6) is 0 Å². The number of H-pyrrole nitrogens is 1. The molecule has 1 aliphatic carbocycles. The van der Waals surface area contributed by atoms with Crippen LogP contribution in [0.1, 0.15) is 35.3 Å². The van der Waals surface area contributed by atoms with Gasteiger partial charge in [-0.3, -0.25) is 9.59 Å². The van der Waals surface area contributed by atoms with Gasteiger partial charge in [-0.2, -0.15) is 0 Å². The molecule has 2 rings (SSSR count). The Morgan fingerprint density at radius 2 is 2.26 bits per heavy atom. The molecule has 104 valence electrons. The lowest BCUT2D eigenvalue weighted by Gasteiger charge is -2.15. The summed E-state index contributed by atoms with van der Waals surface area (Å²) in [6, 6.07) is 1.44. The smallest absolute Gasteiger partial charge is 0.256 e. The number of aromatic nitrogens is 1. The highest BCUT2D eigenvalue weighted by molar-refractivity contribution is 5.93. The van der Waals surface area contributed by atoms with Crippen LogP contribution in [-0.2, 0) is 4.74 Å². The van der Waals surface area contributed by atoms with Crippen LogP contribution in [0.2, 0.25) is 0 Å². The molecule has 0 aromatic carbocycles. The van der Waals surface area contributed by atoms with E-state index in [0.717, 1.165) is 25.0 Å². The quantitative estimate of drug-likeness (QED) is 0.811. The van der Waals surface area contributed by atoms with Gasteiger partial charge >= 0.3 is 0 Å². The van der Waals surface area contributed by atoms with Crippen LogP contribution in [0.25, 0.3) is 0 Å². The first-order valence-corrected chi connectivity index (χ1v) is 6.53. The minimum absolute atomic E-state index is 0.174.